The van der Waals surface area contributed by atoms with Crippen LogP contribution in [0.25, 0.3) is 0 Å². The Balaban J connectivity index is 0.000000599. The first-order valence-electron chi connectivity index (χ1n) is 12.4. The molecule has 4 aliphatic rings. The molecule has 0 heterocycles. The first-order chi connectivity index (χ1) is 13.4. The third kappa shape index (κ3) is 4.90. The molecule has 4 saturated carbocycles. The minimum Gasteiger partial charge on any atom is -0.390 e. The second-order valence-corrected chi connectivity index (χ2v) is 9.48. The van der Waals surface area contributed by atoms with Gasteiger partial charge in [0.25, 0.3) is 0 Å². The second kappa shape index (κ2) is 11.2. The minimum atomic E-state index is -0.372. The number of aliphatic hydroxyl groups is 1. The first kappa shape index (κ1) is 25.8. The molecule has 4 fully saturated rings. The molecule has 0 aromatic heterocycles. The van der Waals surface area contributed by atoms with Gasteiger partial charge in [-0.3, -0.25) is 0 Å². The molecule has 0 aliphatic heterocycles. The lowest BCUT2D eigenvalue weighted by molar-refractivity contribution is -0.0899. The number of rotatable bonds is 0. The van der Waals surface area contributed by atoms with E-state index >= 15 is 0 Å². The summed E-state index contributed by atoms with van der Waals surface area (Å²) in [5.74, 6) is 4.67. The van der Waals surface area contributed by atoms with Crippen LogP contribution in [0.4, 0.5) is 0 Å². The average molecular weight is 388 g/mol. The van der Waals surface area contributed by atoms with Crippen LogP contribution in [0.2, 0.25) is 6.82 Å². The van der Waals surface area contributed by atoms with E-state index in [1.807, 2.05) is 27.7 Å². The van der Waals surface area contributed by atoms with E-state index in [9.17, 15) is 5.11 Å². The van der Waals surface area contributed by atoms with Gasteiger partial charge in [-0.25, -0.2) is 0 Å². The Morgan fingerprint density at radius 1 is 0.857 bits per heavy atom. The van der Waals surface area contributed by atoms with Crippen molar-refractivity contribution in [3.63, 3.8) is 0 Å². The van der Waals surface area contributed by atoms with Gasteiger partial charge in [0.1, 0.15) is 0 Å². The third-order valence-corrected chi connectivity index (χ3v) is 8.43. The van der Waals surface area contributed by atoms with Crippen LogP contribution < -0.4 is 0 Å². The van der Waals surface area contributed by atoms with Crippen molar-refractivity contribution < 1.29 is 5.11 Å². The van der Waals surface area contributed by atoms with Crippen molar-refractivity contribution in [3.8, 4) is 0 Å². The third-order valence-electron chi connectivity index (χ3n) is 8.43. The Labute approximate surface area is 178 Å². The molecule has 4 rings (SSSR count). The maximum atomic E-state index is 10.5. The molecule has 0 spiro atoms. The van der Waals surface area contributed by atoms with E-state index in [0.29, 0.717) is 5.41 Å². The van der Waals surface area contributed by atoms with Crippen LogP contribution >= 0.6 is 0 Å². The predicted octanol–water partition coefficient (Wildman–Crippen LogP) is 7.59. The van der Waals surface area contributed by atoms with Gasteiger partial charge >= 0.3 is 0 Å². The molecule has 0 aromatic rings. The Morgan fingerprint density at radius 2 is 1.46 bits per heavy atom. The molecular weight excluding hydrogens is 339 g/mol. The van der Waals surface area contributed by atoms with Crippen molar-refractivity contribution in [2.75, 3.05) is 0 Å². The van der Waals surface area contributed by atoms with Crippen molar-refractivity contribution in [2.24, 2.45) is 35.0 Å². The van der Waals surface area contributed by atoms with Gasteiger partial charge in [0, 0.05) is 0 Å². The van der Waals surface area contributed by atoms with Crippen molar-refractivity contribution in [1.82, 2.24) is 0 Å². The highest BCUT2D eigenvalue weighted by atomic mass is 16.3. The SMILES string of the molecule is C/C=C1\CCC2C3CCC4C[C@@](C)(O)CCC4C3CCC12C.CC.CC.[B]C. The largest absolute Gasteiger partial charge is 0.390 e. The summed E-state index contributed by atoms with van der Waals surface area (Å²) in [6.07, 6.45) is 14.4. The Morgan fingerprint density at radius 3 is 2.07 bits per heavy atom. The van der Waals surface area contributed by atoms with Crippen LogP contribution in [0.3, 0.4) is 0 Å². The lowest BCUT2D eigenvalue weighted by Crippen LogP contribution is -2.49. The maximum Gasteiger partial charge on any atom is 0.0622 e. The van der Waals surface area contributed by atoms with Gasteiger partial charge in [-0.05, 0) is 107 Å². The molecule has 1 N–H and O–H groups in total. The molecule has 1 nitrogen and oxygen atoms in total. The van der Waals surface area contributed by atoms with Crippen molar-refractivity contribution >= 4 is 7.85 Å². The van der Waals surface area contributed by atoms with E-state index < -0.39 is 0 Å². The van der Waals surface area contributed by atoms with Gasteiger partial charge in [0.15, 0.2) is 0 Å². The highest BCUT2D eigenvalue weighted by Crippen LogP contribution is 2.64. The number of hydrogen-bond acceptors (Lipinski definition) is 1. The summed E-state index contributed by atoms with van der Waals surface area (Å²) < 4.78 is 0. The fourth-order valence-corrected chi connectivity index (χ4v) is 7.40. The van der Waals surface area contributed by atoms with Crippen LogP contribution in [0, 0.1) is 35.0 Å². The van der Waals surface area contributed by atoms with E-state index in [1.165, 1.54) is 51.8 Å². The van der Waals surface area contributed by atoms with Crippen molar-refractivity contribution in [1.29, 1.82) is 0 Å². The summed E-state index contributed by atoms with van der Waals surface area (Å²) in [6.45, 7) is 16.4. The summed E-state index contributed by atoms with van der Waals surface area (Å²) >= 11 is 0. The Bertz CT molecular complexity index is 483. The average Bonchev–Trinajstić information content (AvgIpc) is 3.08. The van der Waals surface area contributed by atoms with Gasteiger partial charge in [0.2, 0.25) is 0 Å². The lowest BCUT2D eigenvalue weighted by atomic mass is 9.49. The van der Waals surface area contributed by atoms with E-state index in [0.717, 1.165) is 42.4 Å². The van der Waals surface area contributed by atoms with Gasteiger partial charge < -0.3 is 5.11 Å². The molecular formula is C26H49BO. The van der Waals surface area contributed by atoms with Crippen LogP contribution in [0.5, 0.6) is 0 Å². The first-order valence-corrected chi connectivity index (χ1v) is 12.4. The molecule has 4 aliphatic carbocycles. The Kier molecular flexibility index (Phi) is 10.4. The molecule has 6 unspecified atom stereocenters. The number of fused-ring (bicyclic) bond motifs is 5. The molecule has 0 aromatic carbocycles. The normalized spacial score (nSPS) is 44.9. The van der Waals surface area contributed by atoms with Gasteiger partial charge in [-0.2, -0.15) is 0 Å². The monoisotopic (exact) mass is 388 g/mol. The number of allylic oxidation sites excluding steroid dienone is 2. The smallest absolute Gasteiger partial charge is 0.0622 e. The molecule has 0 saturated heterocycles. The van der Waals surface area contributed by atoms with E-state index in [1.54, 1.807) is 5.57 Å². The van der Waals surface area contributed by atoms with E-state index in [2.05, 4.69) is 34.7 Å². The van der Waals surface area contributed by atoms with Crippen molar-refractivity contribution in [3.05, 3.63) is 11.6 Å². The van der Waals surface area contributed by atoms with Gasteiger partial charge in [0.05, 0.1) is 13.4 Å². The molecule has 2 radical (unpaired) electrons. The van der Waals surface area contributed by atoms with E-state index in [4.69, 9.17) is 0 Å². The summed E-state index contributed by atoms with van der Waals surface area (Å²) in [5.41, 5.74) is 1.93. The summed E-state index contributed by atoms with van der Waals surface area (Å²) in [4.78, 5) is 0. The summed E-state index contributed by atoms with van der Waals surface area (Å²) in [7, 11) is 4.50. The van der Waals surface area contributed by atoms with Crippen LogP contribution in [-0.2, 0) is 0 Å². The van der Waals surface area contributed by atoms with Crippen LogP contribution in [0.15, 0.2) is 11.6 Å². The van der Waals surface area contributed by atoms with Gasteiger partial charge in [-0.15, -0.1) is 0 Å². The molecule has 28 heavy (non-hydrogen) atoms. The molecule has 0 bridgehead atoms. The van der Waals surface area contributed by atoms with Crippen LogP contribution in [-0.4, -0.2) is 18.6 Å². The molecule has 0 amide bonds. The predicted molar refractivity (Wildman–Crippen MR) is 126 cm³/mol. The zero-order valence-corrected chi connectivity index (χ0v) is 20.4. The second-order valence-electron chi connectivity index (χ2n) is 9.48. The van der Waals surface area contributed by atoms with Crippen LogP contribution in [0.1, 0.15) is 106 Å². The lowest BCUT2D eigenvalue weighted by Gasteiger charge is -2.56. The standard InChI is InChI=1S/C21H34O.2C2H6.CH3B/c1-4-15-6-8-19-18-7-5-14-13-20(2,22)11-9-16(14)17(18)10-12-21(15,19)3;3*1-2/h4,14,16-19,22H,5-13H2,1-3H3;2*1-2H3;1H3/b15-4+;;;/t14?,16?,17?,18?,19?,20-,21?;;;/m0.../s1. The quantitative estimate of drug-likeness (QED) is 0.335. The highest BCUT2D eigenvalue weighted by Gasteiger charge is 2.55. The highest BCUT2D eigenvalue weighted by molar-refractivity contribution is 6.05. The van der Waals surface area contributed by atoms with Gasteiger partial charge in [-0.1, -0.05) is 53.1 Å². The molecule has 7 atom stereocenters. The van der Waals surface area contributed by atoms with Crippen molar-refractivity contribution in [2.45, 2.75) is 119 Å². The fourth-order valence-electron chi connectivity index (χ4n) is 7.40. The summed E-state index contributed by atoms with van der Waals surface area (Å²) in [6, 6.07) is 0. The zero-order valence-electron chi connectivity index (χ0n) is 20.4. The van der Waals surface area contributed by atoms with E-state index in [-0.39, 0.29) is 5.60 Å². The minimum absolute atomic E-state index is 0.372. The molecule has 2 heteroatoms. The molecule has 162 valence electrons. The summed E-state index contributed by atoms with van der Waals surface area (Å²) in [5, 5.41) is 10.5. The number of hydrogen-bond donors (Lipinski definition) is 1. The Hall–Kier alpha value is -0.235. The fraction of sp³-hybridized carbons (Fsp3) is 0.923. The maximum absolute atomic E-state index is 10.5. The topological polar surface area (TPSA) is 20.2 Å². The zero-order chi connectivity index (χ0) is 21.5.